The highest BCUT2D eigenvalue weighted by Crippen LogP contribution is 2.27. The zero-order valence-electron chi connectivity index (χ0n) is 17.6. The number of hydrogen-bond donors (Lipinski definition) is 2. The number of ether oxygens (including phenoxy) is 1. The molecule has 1 atom stereocenters. The third kappa shape index (κ3) is 4.25. The Kier molecular flexibility index (Phi) is 5.66. The first-order valence-electron chi connectivity index (χ1n) is 10.5. The summed E-state index contributed by atoms with van der Waals surface area (Å²) in [5.41, 5.74) is 3.63. The summed E-state index contributed by atoms with van der Waals surface area (Å²) in [5, 5.41) is 11.5. The van der Waals surface area contributed by atoms with Crippen LogP contribution in [0.1, 0.15) is 6.92 Å². The normalized spacial score (nSPS) is 16.2. The monoisotopic (exact) mass is 445 g/mol. The summed E-state index contributed by atoms with van der Waals surface area (Å²) < 4.78 is 7.49. The predicted molar refractivity (Wildman–Crippen MR) is 130 cm³/mol. The van der Waals surface area contributed by atoms with E-state index >= 15 is 0 Å². The Hall–Kier alpha value is -3.56. The van der Waals surface area contributed by atoms with E-state index < -0.39 is 0 Å². The van der Waals surface area contributed by atoms with Crippen LogP contribution in [0.4, 0.5) is 17.2 Å². The van der Waals surface area contributed by atoms with Crippen molar-refractivity contribution in [2.45, 2.75) is 13.0 Å². The number of benzene rings is 1. The van der Waals surface area contributed by atoms with Crippen LogP contribution in [0.25, 0.3) is 16.9 Å². The van der Waals surface area contributed by atoms with Crippen LogP contribution >= 0.6 is 12.2 Å². The van der Waals surface area contributed by atoms with E-state index in [9.17, 15) is 0 Å². The van der Waals surface area contributed by atoms with Gasteiger partial charge in [-0.05, 0) is 67.7 Å². The molecular formula is C23H23N7OS. The number of rotatable bonds is 4. The van der Waals surface area contributed by atoms with E-state index in [1.54, 1.807) is 12.4 Å². The molecule has 5 rings (SSSR count). The SMILES string of the molecule is C[C@@H]1COCCN1c1nc(-c2ccc(NC(=S)Nc3cccnc3)cc2)nn2cccc12. The number of fused-ring (bicyclic) bond motifs is 1. The van der Waals surface area contributed by atoms with E-state index in [1.165, 1.54) is 0 Å². The lowest BCUT2D eigenvalue weighted by Gasteiger charge is -2.34. The second-order valence-corrected chi connectivity index (χ2v) is 8.02. The second-order valence-electron chi connectivity index (χ2n) is 7.61. The smallest absolute Gasteiger partial charge is 0.182 e. The largest absolute Gasteiger partial charge is 0.377 e. The second kappa shape index (κ2) is 8.89. The van der Waals surface area contributed by atoms with Gasteiger partial charge in [-0.2, -0.15) is 0 Å². The van der Waals surface area contributed by atoms with Crippen LogP contribution in [0.3, 0.4) is 0 Å². The fourth-order valence-electron chi connectivity index (χ4n) is 3.73. The third-order valence-corrected chi connectivity index (χ3v) is 5.54. The fourth-order valence-corrected chi connectivity index (χ4v) is 3.96. The van der Waals surface area contributed by atoms with Crippen molar-refractivity contribution in [1.29, 1.82) is 0 Å². The number of pyridine rings is 1. The van der Waals surface area contributed by atoms with E-state index in [4.69, 9.17) is 27.0 Å². The lowest BCUT2D eigenvalue weighted by molar-refractivity contribution is 0.0986. The van der Waals surface area contributed by atoms with Crippen molar-refractivity contribution in [3.63, 3.8) is 0 Å². The molecule has 0 radical (unpaired) electrons. The molecular weight excluding hydrogens is 422 g/mol. The van der Waals surface area contributed by atoms with Crippen molar-refractivity contribution >= 4 is 40.0 Å². The van der Waals surface area contributed by atoms with E-state index in [1.807, 2.05) is 59.2 Å². The minimum Gasteiger partial charge on any atom is -0.377 e. The Morgan fingerprint density at radius 1 is 1.09 bits per heavy atom. The first-order chi connectivity index (χ1) is 15.7. The molecule has 0 bridgehead atoms. The van der Waals surface area contributed by atoms with Gasteiger partial charge in [-0.15, -0.1) is 5.10 Å². The summed E-state index contributed by atoms with van der Waals surface area (Å²) in [7, 11) is 0. The number of anilines is 3. The van der Waals surface area contributed by atoms with Crippen molar-refractivity contribution < 1.29 is 4.74 Å². The molecule has 1 fully saturated rings. The molecule has 0 saturated carbocycles. The van der Waals surface area contributed by atoms with Crippen molar-refractivity contribution in [3.8, 4) is 11.4 Å². The number of nitrogens with zero attached hydrogens (tertiary/aromatic N) is 5. The zero-order valence-corrected chi connectivity index (χ0v) is 18.4. The van der Waals surface area contributed by atoms with E-state index in [0.717, 1.165) is 34.8 Å². The molecule has 1 aliphatic heterocycles. The highest BCUT2D eigenvalue weighted by Gasteiger charge is 2.23. The molecule has 1 aliphatic rings. The van der Waals surface area contributed by atoms with Gasteiger partial charge in [0.05, 0.1) is 31.1 Å². The van der Waals surface area contributed by atoms with Crippen LogP contribution in [-0.4, -0.2) is 50.5 Å². The third-order valence-electron chi connectivity index (χ3n) is 5.33. The topological polar surface area (TPSA) is 79.6 Å². The van der Waals surface area contributed by atoms with Crippen molar-refractivity contribution in [2.24, 2.45) is 0 Å². The van der Waals surface area contributed by atoms with Gasteiger partial charge in [0, 0.05) is 30.2 Å². The molecule has 0 spiro atoms. The average Bonchev–Trinajstić information content (AvgIpc) is 3.29. The minimum atomic E-state index is 0.255. The Labute approximate surface area is 191 Å². The van der Waals surface area contributed by atoms with Crippen LogP contribution in [-0.2, 0) is 4.74 Å². The van der Waals surface area contributed by atoms with Crippen LogP contribution in [0.15, 0.2) is 67.1 Å². The van der Waals surface area contributed by atoms with Gasteiger partial charge in [-0.1, -0.05) is 0 Å². The highest BCUT2D eigenvalue weighted by atomic mass is 32.1. The molecule has 9 heteroatoms. The minimum absolute atomic E-state index is 0.255. The lowest BCUT2D eigenvalue weighted by atomic mass is 10.2. The van der Waals surface area contributed by atoms with Gasteiger partial charge in [-0.3, -0.25) is 4.98 Å². The zero-order chi connectivity index (χ0) is 21.9. The molecule has 8 nitrogen and oxygen atoms in total. The number of aromatic nitrogens is 4. The molecule has 0 aliphatic carbocycles. The number of morpholine rings is 1. The maximum Gasteiger partial charge on any atom is 0.182 e. The molecule has 162 valence electrons. The summed E-state index contributed by atoms with van der Waals surface area (Å²) in [6.07, 6.45) is 5.39. The van der Waals surface area contributed by atoms with Gasteiger partial charge in [0.25, 0.3) is 0 Å². The van der Waals surface area contributed by atoms with Gasteiger partial charge in [0.2, 0.25) is 0 Å². The quantitative estimate of drug-likeness (QED) is 0.459. The van der Waals surface area contributed by atoms with Gasteiger partial charge in [-0.25, -0.2) is 9.50 Å². The van der Waals surface area contributed by atoms with Crippen molar-refractivity contribution in [3.05, 3.63) is 67.1 Å². The molecule has 2 N–H and O–H groups in total. The fraction of sp³-hybridized carbons (Fsp3) is 0.217. The van der Waals surface area contributed by atoms with Crippen LogP contribution in [0.5, 0.6) is 0 Å². The maximum atomic E-state index is 5.61. The number of thiocarbonyl (C=S) groups is 1. The molecule has 1 saturated heterocycles. The molecule has 32 heavy (non-hydrogen) atoms. The van der Waals surface area contributed by atoms with E-state index in [2.05, 4.69) is 27.4 Å². The van der Waals surface area contributed by atoms with Gasteiger partial charge in [0.15, 0.2) is 16.8 Å². The molecule has 4 aromatic rings. The Bertz CT molecular complexity index is 1230. The average molecular weight is 446 g/mol. The molecule has 0 amide bonds. The molecule has 3 aromatic heterocycles. The van der Waals surface area contributed by atoms with Crippen LogP contribution in [0, 0.1) is 0 Å². The first kappa shape index (κ1) is 20.3. The summed E-state index contributed by atoms with van der Waals surface area (Å²) >= 11 is 5.39. The molecule has 0 unspecified atom stereocenters. The lowest BCUT2D eigenvalue weighted by Crippen LogP contribution is -2.44. The van der Waals surface area contributed by atoms with Crippen LogP contribution in [0.2, 0.25) is 0 Å². The predicted octanol–water partition coefficient (Wildman–Crippen LogP) is 3.83. The van der Waals surface area contributed by atoms with Gasteiger partial charge < -0.3 is 20.3 Å². The van der Waals surface area contributed by atoms with Crippen molar-refractivity contribution in [1.82, 2.24) is 19.6 Å². The summed E-state index contributed by atoms with van der Waals surface area (Å²) in [4.78, 5) is 11.3. The molecule has 1 aromatic carbocycles. The summed E-state index contributed by atoms with van der Waals surface area (Å²) in [6.45, 7) is 4.36. The summed E-state index contributed by atoms with van der Waals surface area (Å²) in [5.74, 6) is 1.60. The first-order valence-corrected chi connectivity index (χ1v) is 10.9. The summed E-state index contributed by atoms with van der Waals surface area (Å²) in [6, 6.07) is 16.0. The highest BCUT2D eigenvalue weighted by molar-refractivity contribution is 7.80. The standard InChI is InChI=1S/C23H23N7OS/c1-16-15-31-13-12-29(16)22-20-5-3-11-30(20)28-21(27-22)17-6-8-18(9-7-17)25-23(32)26-19-4-2-10-24-14-19/h2-11,14,16H,12-13,15H2,1H3,(H2,25,26,32)/t16-/m1/s1. The maximum absolute atomic E-state index is 5.61. The number of hydrogen-bond acceptors (Lipinski definition) is 6. The van der Waals surface area contributed by atoms with Gasteiger partial charge in [0.1, 0.15) is 5.52 Å². The number of nitrogens with one attached hydrogen (secondary N) is 2. The van der Waals surface area contributed by atoms with Crippen LogP contribution < -0.4 is 15.5 Å². The Balaban J connectivity index is 1.38. The van der Waals surface area contributed by atoms with E-state index in [0.29, 0.717) is 24.2 Å². The van der Waals surface area contributed by atoms with Gasteiger partial charge >= 0.3 is 0 Å². The Morgan fingerprint density at radius 2 is 1.94 bits per heavy atom. The van der Waals surface area contributed by atoms with Crippen molar-refractivity contribution in [2.75, 3.05) is 35.3 Å². The Morgan fingerprint density at radius 3 is 2.72 bits per heavy atom. The molecule has 4 heterocycles. The van der Waals surface area contributed by atoms with E-state index in [-0.39, 0.29) is 6.04 Å².